The van der Waals surface area contributed by atoms with Gasteiger partial charge in [0.05, 0.1) is 12.2 Å². The van der Waals surface area contributed by atoms with Crippen LogP contribution >= 0.6 is 0 Å². The minimum atomic E-state index is -3.67. The summed E-state index contributed by atoms with van der Waals surface area (Å²) >= 11 is 0. The first-order valence-corrected chi connectivity index (χ1v) is 7.91. The molecule has 114 valence electrons. The molecule has 2 aromatic heterocycles. The number of hydrogen-bond acceptors (Lipinski definition) is 6. The summed E-state index contributed by atoms with van der Waals surface area (Å²) in [6.45, 7) is 4.37. The summed E-state index contributed by atoms with van der Waals surface area (Å²) in [5, 5.41) is 9.66. The average molecular weight is 310 g/mol. The molecule has 9 heteroatoms. The Morgan fingerprint density at radius 2 is 2.19 bits per heavy atom. The summed E-state index contributed by atoms with van der Waals surface area (Å²) in [4.78, 5) is 8.16. The smallest absolute Gasteiger partial charge is 0.246 e. The molecule has 0 amide bonds. The molecule has 0 spiro atoms. The summed E-state index contributed by atoms with van der Waals surface area (Å²) in [5.41, 5.74) is 0.533. The van der Waals surface area contributed by atoms with Crippen LogP contribution in [-0.2, 0) is 16.6 Å². The normalized spacial score (nSPS) is 11.8. The average Bonchev–Trinajstić information content (AvgIpc) is 2.85. The van der Waals surface area contributed by atoms with Gasteiger partial charge in [0.1, 0.15) is 10.7 Å². The van der Waals surface area contributed by atoms with Crippen molar-refractivity contribution < 1.29 is 8.42 Å². The Labute approximate surface area is 123 Å². The molecule has 0 radical (unpaired) electrons. The Hall–Kier alpha value is -2.00. The van der Waals surface area contributed by atoms with Crippen LogP contribution in [0.2, 0.25) is 0 Å². The van der Waals surface area contributed by atoms with Crippen LogP contribution in [0.25, 0.3) is 0 Å². The van der Waals surface area contributed by atoms with Crippen molar-refractivity contribution in [2.24, 2.45) is 0 Å². The molecule has 2 heterocycles. The van der Waals surface area contributed by atoms with Crippen LogP contribution < -0.4 is 5.32 Å². The Bertz CT molecular complexity index is 712. The Balaban J connectivity index is 2.28. The van der Waals surface area contributed by atoms with E-state index in [2.05, 4.69) is 25.5 Å². The lowest BCUT2D eigenvalue weighted by Crippen LogP contribution is -2.28. The van der Waals surface area contributed by atoms with E-state index >= 15 is 0 Å². The molecule has 2 N–H and O–H groups in total. The van der Waals surface area contributed by atoms with Crippen LogP contribution in [0.1, 0.15) is 18.6 Å². The first-order valence-electron chi connectivity index (χ1n) is 6.47. The Kier molecular flexibility index (Phi) is 4.53. The molecule has 0 saturated carbocycles. The zero-order valence-corrected chi connectivity index (χ0v) is 13.0. The first kappa shape index (κ1) is 15.4. The molecular formula is C12H18N6O2S. The Morgan fingerprint density at radius 1 is 1.43 bits per heavy atom. The lowest BCUT2D eigenvalue weighted by Gasteiger charge is -2.17. The SMILES string of the molecule is CCNc1ccncc1S(=O)(=O)N(C)Cc1n[nH]c(C)n1. The van der Waals surface area contributed by atoms with E-state index in [9.17, 15) is 8.42 Å². The molecule has 8 nitrogen and oxygen atoms in total. The monoisotopic (exact) mass is 310 g/mol. The van der Waals surface area contributed by atoms with E-state index < -0.39 is 10.0 Å². The van der Waals surface area contributed by atoms with Crippen LogP contribution in [0.4, 0.5) is 5.69 Å². The second-order valence-electron chi connectivity index (χ2n) is 4.50. The molecule has 0 unspecified atom stereocenters. The molecule has 0 aliphatic carbocycles. The predicted molar refractivity (Wildman–Crippen MR) is 78.2 cm³/mol. The third-order valence-corrected chi connectivity index (χ3v) is 4.68. The van der Waals surface area contributed by atoms with Crippen LogP contribution in [0.3, 0.4) is 0 Å². The summed E-state index contributed by atoms with van der Waals surface area (Å²) in [7, 11) is -2.18. The third kappa shape index (κ3) is 3.37. The number of pyridine rings is 1. The van der Waals surface area contributed by atoms with Crippen molar-refractivity contribution in [3.8, 4) is 0 Å². The molecule has 2 aromatic rings. The lowest BCUT2D eigenvalue weighted by atomic mass is 10.4. The van der Waals surface area contributed by atoms with Crippen molar-refractivity contribution in [1.82, 2.24) is 24.5 Å². The van der Waals surface area contributed by atoms with Crippen LogP contribution in [0, 0.1) is 6.92 Å². The highest BCUT2D eigenvalue weighted by atomic mass is 32.2. The maximum absolute atomic E-state index is 12.6. The van der Waals surface area contributed by atoms with E-state index in [1.807, 2.05) is 6.92 Å². The van der Waals surface area contributed by atoms with E-state index in [1.165, 1.54) is 17.5 Å². The minimum Gasteiger partial charge on any atom is -0.384 e. The lowest BCUT2D eigenvalue weighted by molar-refractivity contribution is 0.457. The maximum atomic E-state index is 12.6. The third-order valence-electron chi connectivity index (χ3n) is 2.85. The molecule has 0 atom stereocenters. The molecule has 0 fully saturated rings. The maximum Gasteiger partial charge on any atom is 0.246 e. The number of hydrogen-bond donors (Lipinski definition) is 2. The van der Waals surface area contributed by atoms with Crippen LogP contribution in [-0.4, -0.2) is 46.5 Å². The second-order valence-corrected chi connectivity index (χ2v) is 6.51. The van der Waals surface area contributed by atoms with E-state index in [0.717, 1.165) is 0 Å². The van der Waals surface area contributed by atoms with Gasteiger partial charge < -0.3 is 5.32 Å². The van der Waals surface area contributed by atoms with Gasteiger partial charge in [-0.25, -0.2) is 13.4 Å². The number of nitrogens with zero attached hydrogens (tertiary/aromatic N) is 4. The van der Waals surface area contributed by atoms with Crippen LogP contribution in [0.5, 0.6) is 0 Å². The molecule has 0 aliphatic heterocycles. The van der Waals surface area contributed by atoms with Gasteiger partial charge in [0.25, 0.3) is 0 Å². The molecule has 0 saturated heterocycles. The fraction of sp³-hybridized carbons (Fsp3) is 0.417. The highest BCUT2D eigenvalue weighted by Gasteiger charge is 2.25. The number of sulfonamides is 1. The van der Waals surface area contributed by atoms with Gasteiger partial charge in [-0.2, -0.15) is 9.40 Å². The van der Waals surface area contributed by atoms with E-state index in [1.54, 1.807) is 19.2 Å². The highest BCUT2D eigenvalue weighted by molar-refractivity contribution is 7.89. The number of anilines is 1. The summed E-state index contributed by atoms with van der Waals surface area (Å²) < 4.78 is 26.4. The van der Waals surface area contributed by atoms with E-state index in [-0.39, 0.29) is 11.4 Å². The van der Waals surface area contributed by atoms with Gasteiger partial charge >= 0.3 is 0 Å². The number of nitrogens with one attached hydrogen (secondary N) is 2. The molecule has 2 rings (SSSR count). The topological polar surface area (TPSA) is 104 Å². The second kappa shape index (κ2) is 6.19. The minimum absolute atomic E-state index is 0.0904. The van der Waals surface area contributed by atoms with Gasteiger partial charge in [0, 0.05) is 26.0 Å². The molecule has 0 aromatic carbocycles. The first-order chi connectivity index (χ1) is 9.95. The van der Waals surface area contributed by atoms with Crippen molar-refractivity contribution in [2.45, 2.75) is 25.3 Å². The zero-order chi connectivity index (χ0) is 15.5. The van der Waals surface area contributed by atoms with Crippen LogP contribution in [0.15, 0.2) is 23.4 Å². The van der Waals surface area contributed by atoms with Gasteiger partial charge in [-0.3, -0.25) is 10.1 Å². The largest absolute Gasteiger partial charge is 0.384 e. The van der Waals surface area contributed by atoms with Gasteiger partial charge in [-0.05, 0) is 19.9 Å². The summed E-state index contributed by atoms with van der Waals surface area (Å²) in [6.07, 6.45) is 2.89. The van der Waals surface area contributed by atoms with Crippen molar-refractivity contribution in [2.75, 3.05) is 18.9 Å². The molecule has 0 aliphatic rings. The quantitative estimate of drug-likeness (QED) is 0.816. The van der Waals surface area contributed by atoms with Gasteiger partial charge in [-0.15, -0.1) is 0 Å². The molecular weight excluding hydrogens is 292 g/mol. The van der Waals surface area contributed by atoms with Crippen molar-refractivity contribution >= 4 is 15.7 Å². The number of aryl methyl sites for hydroxylation is 1. The fourth-order valence-electron chi connectivity index (χ4n) is 1.83. The van der Waals surface area contributed by atoms with Gasteiger partial charge in [0.2, 0.25) is 10.0 Å². The van der Waals surface area contributed by atoms with Crippen molar-refractivity contribution in [1.29, 1.82) is 0 Å². The highest BCUT2D eigenvalue weighted by Crippen LogP contribution is 2.23. The summed E-state index contributed by atoms with van der Waals surface area (Å²) in [5.74, 6) is 1.07. The number of aromatic nitrogens is 4. The Morgan fingerprint density at radius 3 is 2.81 bits per heavy atom. The summed E-state index contributed by atoms with van der Waals surface area (Å²) in [6, 6.07) is 1.64. The van der Waals surface area contributed by atoms with Gasteiger partial charge in [-0.1, -0.05) is 0 Å². The number of rotatable bonds is 6. The number of aromatic amines is 1. The van der Waals surface area contributed by atoms with E-state index in [0.29, 0.717) is 23.9 Å². The molecule has 21 heavy (non-hydrogen) atoms. The van der Waals surface area contributed by atoms with Crippen molar-refractivity contribution in [3.05, 3.63) is 30.1 Å². The van der Waals surface area contributed by atoms with Gasteiger partial charge in [0.15, 0.2) is 5.82 Å². The fourth-order valence-corrected chi connectivity index (χ4v) is 3.07. The van der Waals surface area contributed by atoms with Crippen molar-refractivity contribution in [3.63, 3.8) is 0 Å². The predicted octanol–water partition coefficient (Wildman–Crippen LogP) is 0.761. The standard InChI is InChI=1S/C12H18N6O2S/c1-4-14-10-5-6-13-7-11(10)21(19,20)18(3)8-12-15-9(2)16-17-12/h5-7H,4,8H2,1-3H3,(H,13,14)(H,15,16,17). The molecule has 0 bridgehead atoms. The zero-order valence-electron chi connectivity index (χ0n) is 12.2. The van der Waals surface area contributed by atoms with E-state index in [4.69, 9.17) is 0 Å². The number of H-pyrrole nitrogens is 1.